The van der Waals surface area contributed by atoms with Crippen LogP contribution in [0.1, 0.15) is 16.8 Å². The maximum Gasteiger partial charge on any atom is 0.254 e. The van der Waals surface area contributed by atoms with Crippen LogP contribution in [-0.2, 0) is 9.47 Å². The van der Waals surface area contributed by atoms with Gasteiger partial charge in [0.15, 0.2) is 11.6 Å². The summed E-state index contributed by atoms with van der Waals surface area (Å²) in [7, 11) is 4.60. The number of likely N-dealkylation sites (tertiary alicyclic amines) is 1. The zero-order chi connectivity index (χ0) is 15.4. The maximum absolute atomic E-state index is 13.4. The van der Waals surface area contributed by atoms with E-state index in [9.17, 15) is 9.18 Å². The topological polar surface area (TPSA) is 48.0 Å². The Morgan fingerprint density at radius 3 is 2.76 bits per heavy atom. The van der Waals surface area contributed by atoms with Gasteiger partial charge >= 0.3 is 0 Å². The number of nitrogens with zero attached hydrogens (tertiary/aromatic N) is 1. The lowest BCUT2D eigenvalue weighted by atomic mass is 10.1. The first kappa shape index (κ1) is 15.7. The second-order valence-electron chi connectivity index (χ2n) is 5.01. The summed E-state index contributed by atoms with van der Waals surface area (Å²) in [5, 5.41) is 0. The van der Waals surface area contributed by atoms with Crippen molar-refractivity contribution >= 4 is 5.91 Å². The molecule has 0 aromatic heterocycles. The summed E-state index contributed by atoms with van der Waals surface area (Å²) >= 11 is 0. The summed E-state index contributed by atoms with van der Waals surface area (Å²) in [5.74, 6) is -0.597. The molecule has 1 aromatic carbocycles. The van der Waals surface area contributed by atoms with Crippen LogP contribution in [0.25, 0.3) is 0 Å². The lowest BCUT2D eigenvalue weighted by Gasteiger charge is -2.24. The molecule has 0 saturated carbocycles. The van der Waals surface area contributed by atoms with Crippen LogP contribution >= 0.6 is 0 Å². The summed E-state index contributed by atoms with van der Waals surface area (Å²) in [6, 6.07) is 4.08. The third-order valence-electron chi connectivity index (χ3n) is 3.73. The van der Waals surface area contributed by atoms with Crippen LogP contribution in [0.2, 0.25) is 0 Å². The first-order chi connectivity index (χ1) is 10.1. The number of rotatable bonds is 5. The average Bonchev–Trinajstić information content (AvgIpc) is 2.90. The first-order valence-corrected chi connectivity index (χ1v) is 6.77. The van der Waals surface area contributed by atoms with Gasteiger partial charge in [-0.3, -0.25) is 4.79 Å². The molecular formula is C15H20FNO4. The van der Waals surface area contributed by atoms with Gasteiger partial charge in [0.1, 0.15) is 0 Å². The lowest BCUT2D eigenvalue weighted by molar-refractivity contribution is 0.0612. The van der Waals surface area contributed by atoms with Crippen LogP contribution in [0.3, 0.4) is 0 Å². The minimum Gasteiger partial charge on any atom is -0.494 e. The molecule has 5 nitrogen and oxygen atoms in total. The minimum absolute atomic E-state index is 0.00329. The van der Waals surface area contributed by atoms with Crippen molar-refractivity contribution in [2.24, 2.45) is 0 Å². The summed E-state index contributed by atoms with van der Waals surface area (Å²) < 4.78 is 28.9. The van der Waals surface area contributed by atoms with Gasteiger partial charge in [-0.05, 0) is 24.6 Å². The van der Waals surface area contributed by atoms with Crippen molar-refractivity contribution < 1.29 is 23.4 Å². The van der Waals surface area contributed by atoms with Crippen LogP contribution < -0.4 is 4.74 Å². The van der Waals surface area contributed by atoms with Gasteiger partial charge in [0.25, 0.3) is 5.91 Å². The zero-order valence-corrected chi connectivity index (χ0v) is 12.5. The average molecular weight is 297 g/mol. The summed E-state index contributed by atoms with van der Waals surface area (Å²) in [6.07, 6.45) is 0.727. The van der Waals surface area contributed by atoms with E-state index in [1.165, 1.54) is 25.3 Å². The number of hydrogen-bond donors (Lipinski definition) is 0. The van der Waals surface area contributed by atoms with E-state index < -0.39 is 5.82 Å². The maximum atomic E-state index is 13.4. The number of methoxy groups -OCH3 is 3. The fraction of sp³-hybridized carbons (Fsp3) is 0.533. The van der Waals surface area contributed by atoms with E-state index in [-0.39, 0.29) is 23.8 Å². The Morgan fingerprint density at radius 1 is 1.38 bits per heavy atom. The molecule has 0 unspecified atom stereocenters. The van der Waals surface area contributed by atoms with Gasteiger partial charge in [0.2, 0.25) is 0 Å². The number of hydrogen-bond acceptors (Lipinski definition) is 4. The molecule has 2 rings (SSSR count). The lowest BCUT2D eigenvalue weighted by Crippen LogP contribution is -2.38. The van der Waals surface area contributed by atoms with Crippen LogP contribution in [0, 0.1) is 5.82 Å². The Kier molecular flexibility index (Phi) is 5.14. The molecule has 0 spiro atoms. The third kappa shape index (κ3) is 3.33. The van der Waals surface area contributed by atoms with E-state index in [0.29, 0.717) is 18.7 Å². The second kappa shape index (κ2) is 6.87. The van der Waals surface area contributed by atoms with Gasteiger partial charge in [-0.25, -0.2) is 4.39 Å². The van der Waals surface area contributed by atoms with Gasteiger partial charge < -0.3 is 19.1 Å². The van der Waals surface area contributed by atoms with Gasteiger partial charge in [0, 0.05) is 26.3 Å². The Bertz CT molecular complexity index is 508. The summed E-state index contributed by atoms with van der Waals surface area (Å²) in [5.41, 5.74) is 0.395. The molecule has 1 aliphatic rings. The third-order valence-corrected chi connectivity index (χ3v) is 3.73. The molecule has 1 heterocycles. The number of amides is 1. The normalized spacial score (nSPS) is 21.6. The Morgan fingerprint density at radius 2 is 2.14 bits per heavy atom. The summed E-state index contributed by atoms with van der Waals surface area (Å²) in [4.78, 5) is 14.3. The van der Waals surface area contributed by atoms with E-state index >= 15 is 0 Å². The van der Waals surface area contributed by atoms with Gasteiger partial charge in [0.05, 0.1) is 25.9 Å². The fourth-order valence-electron chi connectivity index (χ4n) is 2.60. The molecule has 21 heavy (non-hydrogen) atoms. The van der Waals surface area contributed by atoms with E-state index in [1.54, 1.807) is 19.1 Å². The Labute approximate surface area is 123 Å². The SMILES string of the molecule is COC[C@@H]1C[C@H](OC)CN1C(=O)c1ccc(F)c(OC)c1. The number of carbonyl (C=O) groups is 1. The van der Waals surface area contributed by atoms with E-state index in [1.807, 2.05) is 0 Å². The molecule has 1 fully saturated rings. The standard InChI is InChI=1S/C15H20FNO4/c1-19-9-11-7-12(20-2)8-17(11)15(18)10-4-5-13(16)14(6-10)21-3/h4-6,11-12H,7-9H2,1-3H3/t11-,12-/m0/s1. The number of ether oxygens (including phenoxy) is 3. The highest BCUT2D eigenvalue weighted by Gasteiger charge is 2.35. The zero-order valence-electron chi connectivity index (χ0n) is 12.5. The van der Waals surface area contributed by atoms with E-state index in [2.05, 4.69) is 0 Å². The molecule has 2 atom stereocenters. The van der Waals surface area contributed by atoms with Crippen molar-refractivity contribution in [3.63, 3.8) is 0 Å². The number of carbonyl (C=O) groups excluding carboxylic acids is 1. The molecule has 1 amide bonds. The van der Waals surface area contributed by atoms with Crippen molar-refractivity contribution in [2.45, 2.75) is 18.6 Å². The molecular weight excluding hydrogens is 277 g/mol. The molecule has 0 bridgehead atoms. The van der Waals surface area contributed by atoms with Crippen LogP contribution in [0.15, 0.2) is 18.2 Å². The molecule has 116 valence electrons. The van der Waals surface area contributed by atoms with Crippen LogP contribution in [-0.4, -0.2) is 57.4 Å². The summed E-state index contributed by atoms with van der Waals surface area (Å²) in [6.45, 7) is 0.951. The fourth-order valence-corrected chi connectivity index (χ4v) is 2.60. The first-order valence-electron chi connectivity index (χ1n) is 6.77. The smallest absolute Gasteiger partial charge is 0.254 e. The van der Waals surface area contributed by atoms with E-state index in [0.717, 1.165) is 6.42 Å². The monoisotopic (exact) mass is 297 g/mol. The molecule has 0 aliphatic carbocycles. The Hall–Kier alpha value is -1.66. The largest absolute Gasteiger partial charge is 0.494 e. The molecule has 6 heteroatoms. The Balaban J connectivity index is 2.21. The number of halogens is 1. The quantitative estimate of drug-likeness (QED) is 0.830. The molecule has 1 aliphatic heterocycles. The minimum atomic E-state index is -0.487. The highest BCUT2D eigenvalue weighted by molar-refractivity contribution is 5.95. The molecule has 1 aromatic rings. The molecule has 0 N–H and O–H groups in total. The predicted molar refractivity (Wildman–Crippen MR) is 75.1 cm³/mol. The van der Waals surface area contributed by atoms with Crippen molar-refractivity contribution in [2.75, 3.05) is 34.5 Å². The van der Waals surface area contributed by atoms with Crippen molar-refractivity contribution in [1.82, 2.24) is 4.90 Å². The molecule has 0 radical (unpaired) electrons. The van der Waals surface area contributed by atoms with Crippen LogP contribution in [0.5, 0.6) is 5.75 Å². The van der Waals surface area contributed by atoms with Crippen molar-refractivity contribution in [1.29, 1.82) is 0 Å². The highest BCUT2D eigenvalue weighted by Crippen LogP contribution is 2.25. The second-order valence-corrected chi connectivity index (χ2v) is 5.01. The van der Waals surface area contributed by atoms with E-state index in [4.69, 9.17) is 14.2 Å². The van der Waals surface area contributed by atoms with Gasteiger partial charge in [-0.15, -0.1) is 0 Å². The van der Waals surface area contributed by atoms with Gasteiger partial charge in [-0.1, -0.05) is 0 Å². The predicted octanol–water partition coefficient (Wildman–Crippen LogP) is 1.71. The van der Waals surface area contributed by atoms with Crippen molar-refractivity contribution in [3.8, 4) is 5.75 Å². The van der Waals surface area contributed by atoms with Gasteiger partial charge in [-0.2, -0.15) is 0 Å². The van der Waals surface area contributed by atoms with Crippen molar-refractivity contribution in [3.05, 3.63) is 29.6 Å². The highest BCUT2D eigenvalue weighted by atomic mass is 19.1. The van der Waals surface area contributed by atoms with Crippen LogP contribution in [0.4, 0.5) is 4.39 Å². The molecule has 1 saturated heterocycles. The number of benzene rings is 1.